The molecule has 3 rings (SSSR count). The number of halogens is 2. The Morgan fingerprint density at radius 3 is 2.33 bits per heavy atom. The molecule has 0 bridgehead atoms. The molecule has 0 aliphatic carbocycles. The molecule has 2 amide bonds. The largest absolute Gasteiger partial charge is 0.497 e. The molecular weight excluding hydrogens is 351 g/mol. The van der Waals surface area contributed by atoms with Gasteiger partial charge in [-0.3, -0.25) is 9.59 Å². The monoisotopic (exact) mass is 362 g/mol. The van der Waals surface area contributed by atoms with Gasteiger partial charge in [0.1, 0.15) is 16.5 Å². The van der Waals surface area contributed by atoms with E-state index in [4.69, 9.17) is 27.9 Å². The molecule has 7 heteroatoms. The van der Waals surface area contributed by atoms with Crippen molar-refractivity contribution in [3.8, 4) is 5.75 Å². The van der Waals surface area contributed by atoms with E-state index >= 15 is 0 Å². The van der Waals surface area contributed by atoms with Crippen LogP contribution in [0.4, 0.5) is 11.4 Å². The van der Waals surface area contributed by atoms with E-state index in [2.05, 4.69) is 5.32 Å². The van der Waals surface area contributed by atoms with Gasteiger partial charge in [0.2, 0.25) is 0 Å². The normalized spacial score (nSPS) is 14.4. The van der Waals surface area contributed by atoms with Crippen LogP contribution in [0.5, 0.6) is 5.75 Å². The molecule has 5 nitrogen and oxygen atoms in total. The zero-order valence-corrected chi connectivity index (χ0v) is 14.1. The minimum absolute atomic E-state index is 0.0137. The molecule has 0 unspecified atom stereocenters. The summed E-state index contributed by atoms with van der Waals surface area (Å²) < 4.78 is 5.07. The first kappa shape index (κ1) is 16.4. The van der Waals surface area contributed by atoms with Gasteiger partial charge in [0.05, 0.1) is 12.8 Å². The number of hydrogen-bond acceptors (Lipinski definition) is 4. The summed E-state index contributed by atoms with van der Waals surface area (Å²) in [5.74, 6) is -0.499. The third-order valence-corrected chi connectivity index (χ3v) is 4.04. The molecule has 0 fully saturated rings. The first-order valence-corrected chi connectivity index (χ1v) is 7.72. The van der Waals surface area contributed by atoms with Crippen LogP contribution in [0.15, 0.2) is 59.3 Å². The summed E-state index contributed by atoms with van der Waals surface area (Å²) in [5.41, 5.74) is 0.986. The number of methoxy groups -OCH3 is 1. The van der Waals surface area contributed by atoms with Crippen molar-refractivity contribution in [2.24, 2.45) is 0 Å². The second-order valence-electron chi connectivity index (χ2n) is 4.97. The van der Waals surface area contributed by atoms with Crippen LogP contribution in [-0.2, 0) is 9.59 Å². The van der Waals surface area contributed by atoms with Gasteiger partial charge in [0, 0.05) is 10.7 Å². The maximum atomic E-state index is 12.6. The minimum atomic E-state index is -0.587. The minimum Gasteiger partial charge on any atom is -0.497 e. The molecule has 0 atom stereocenters. The molecule has 1 aliphatic heterocycles. The SMILES string of the molecule is COc1ccc(N2C(=O)C(Cl)=C(Nc3cccc(Cl)c3)C2=O)cc1. The Kier molecular flexibility index (Phi) is 4.46. The Balaban J connectivity index is 1.89. The molecule has 122 valence electrons. The lowest BCUT2D eigenvalue weighted by atomic mass is 10.2. The second kappa shape index (κ2) is 6.55. The van der Waals surface area contributed by atoms with Crippen molar-refractivity contribution < 1.29 is 14.3 Å². The maximum absolute atomic E-state index is 12.6. The molecule has 0 aromatic heterocycles. The predicted molar refractivity (Wildman–Crippen MR) is 93.4 cm³/mol. The van der Waals surface area contributed by atoms with Crippen molar-refractivity contribution >= 4 is 46.4 Å². The van der Waals surface area contributed by atoms with E-state index < -0.39 is 11.8 Å². The van der Waals surface area contributed by atoms with Gasteiger partial charge in [-0.25, -0.2) is 4.90 Å². The predicted octanol–water partition coefficient (Wildman–Crippen LogP) is 3.78. The van der Waals surface area contributed by atoms with E-state index in [1.54, 1.807) is 48.5 Å². The number of carbonyl (C=O) groups is 2. The summed E-state index contributed by atoms with van der Waals surface area (Å²) in [5, 5.41) is 3.19. The summed E-state index contributed by atoms with van der Waals surface area (Å²) in [6.07, 6.45) is 0. The molecule has 2 aromatic rings. The topological polar surface area (TPSA) is 58.6 Å². The van der Waals surface area contributed by atoms with Crippen LogP contribution in [-0.4, -0.2) is 18.9 Å². The number of hydrogen-bond donors (Lipinski definition) is 1. The number of anilines is 2. The van der Waals surface area contributed by atoms with Crippen molar-refractivity contribution in [2.45, 2.75) is 0 Å². The molecule has 1 N–H and O–H groups in total. The van der Waals surface area contributed by atoms with Crippen LogP contribution in [0.25, 0.3) is 0 Å². The highest BCUT2D eigenvalue weighted by molar-refractivity contribution is 6.53. The number of benzene rings is 2. The number of imide groups is 1. The van der Waals surface area contributed by atoms with E-state index in [9.17, 15) is 9.59 Å². The fourth-order valence-electron chi connectivity index (χ4n) is 2.29. The third-order valence-electron chi connectivity index (χ3n) is 3.45. The van der Waals surface area contributed by atoms with Crippen molar-refractivity contribution in [1.82, 2.24) is 0 Å². The molecular formula is C17H12Cl2N2O3. The molecule has 1 aliphatic rings. The van der Waals surface area contributed by atoms with Crippen LogP contribution in [0.3, 0.4) is 0 Å². The average molecular weight is 363 g/mol. The molecule has 0 spiro atoms. The maximum Gasteiger partial charge on any atom is 0.283 e. The number of rotatable bonds is 4. The lowest BCUT2D eigenvalue weighted by Crippen LogP contribution is -2.32. The lowest BCUT2D eigenvalue weighted by Gasteiger charge is -2.15. The van der Waals surface area contributed by atoms with E-state index in [1.807, 2.05) is 0 Å². The summed E-state index contributed by atoms with van der Waals surface area (Å²) >= 11 is 12.0. The molecule has 0 saturated heterocycles. The number of amides is 2. The fraction of sp³-hybridized carbons (Fsp3) is 0.0588. The Labute approximate surface area is 148 Å². The van der Waals surface area contributed by atoms with Gasteiger partial charge < -0.3 is 10.1 Å². The molecule has 0 saturated carbocycles. The molecule has 24 heavy (non-hydrogen) atoms. The van der Waals surface area contributed by atoms with E-state index in [0.29, 0.717) is 22.1 Å². The van der Waals surface area contributed by atoms with E-state index in [1.165, 1.54) is 7.11 Å². The Morgan fingerprint density at radius 2 is 1.71 bits per heavy atom. The van der Waals surface area contributed by atoms with Crippen LogP contribution in [0, 0.1) is 0 Å². The summed E-state index contributed by atoms with van der Waals surface area (Å²) in [7, 11) is 1.53. The third kappa shape index (κ3) is 2.96. The number of nitrogens with one attached hydrogen (secondary N) is 1. The summed E-state index contributed by atoms with van der Waals surface area (Å²) in [4.78, 5) is 26.0. The fourth-order valence-corrected chi connectivity index (χ4v) is 2.69. The zero-order valence-electron chi connectivity index (χ0n) is 12.5. The average Bonchev–Trinajstić information content (AvgIpc) is 2.79. The lowest BCUT2D eigenvalue weighted by molar-refractivity contribution is -0.120. The Morgan fingerprint density at radius 1 is 1.00 bits per heavy atom. The molecule has 2 aromatic carbocycles. The number of nitrogens with zero attached hydrogens (tertiary/aromatic N) is 1. The first-order chi connectivity index (χ1) is 11.5. The van der Waals surface area contributed by atoms with Crippen LogP contribution >= 0.6 is 23.2 Å². The number of ether oxygens (including phenoxy) is 1. The van der Waals surface area contributed by atoms with Gasteiger partial charge in [0.15, 0.2) is 0 Å². The van der Waals surface area contributed by atoms with Crippen molar-refractivity contribution in [3.05, 3.63) is 64.3 Å². The van der Waals surface area contributed by atoms with Crippen molar-refractivity contribution in [3.63, 3.8) is 0 Å². The Bertz CT molecular complexity index is 847. The summed E-state index contributed by atoms with van der Waals surface area (Å²) in [6.45, 7) is 0. The van der Waals surface area contributed by atoms with Gasteiger partial charge >= 0.3 is 0 Å². The molecule has 0 radical (unpaired) electrons. The van der Waals surface area contributed by atoms with Gasteiger partial charge in [-0.2, -0.15) is 0 Å². The summed E-state index contributed by atoms with van der Waals surface area (Å²) in [6, 6.07) is 13.3. The highest BCUT2D eigenvalue weighted by Crippen LogP contribution is 2.31. The van der Waals surface area contributed by atoms with Gasteiger partial charge in [-0.1, -0.05) is 29.3 Å². The first-order valence-electron chi connectivity index (χ1n) is 6.96. The zero-order chi connectivity index (χ0) is 17.3. The van der Waals surface area contributed by atoms with Gasteiger partial charge in [0.25, 0.3) is 11.8 Å². The smallest absolute Gasteiger partial charge is 0.283 e. The van der Waals surface area contributed by atoms with E-state index in [0.717, 1.165) is 4.90 Å². The van der Waals surface area contributed by atoms with Crippen molar-refractivity contribution in [2.75, 3.05) is 17.3 Å². The highest BCUT2D eigenvalue weighted by Gasteiger charge is 2.38. The Hall–Kier alpha value is -2.50. The number of carbonyl (C=O) groups excluding carboxylic acids is 2. The van der Waals surface area contributed by atoms with Gasteiger partial charge in [-0.05, 0) is 42.5 Å². The highest BCUT2D eigenvalue weighted by atomic mass is 35.5. The van der Waals surface area contributed by atoms with Crippen LogP contribution in [0.2, 0.25) is 5.02 Å². The van der Waals surface area contributed by atoms with Gasteiger partial charge in [-0.15, -0.1) is 0 Å². The quantitative estimate of drug-likeness (QED) is 0.840. The van der Waals surface area contributed by atoms with Crippen LogP contribution in [0.1, 0.15) is 0 Å². The van der Waals surface area contributed by atoms with Crippen molar-refractivity contribution in [1.29, 1.82) is 0 Å². The molecule has 1 heterocycles. The standard InChI is InChI=1S/C17H12Cl2N2O3/c1-24-13-7-5-12(6-8-13)21-16(22)14(19)15(17(21)23)20-11-4-2-3-10(18)9-11/h2-9,20H,1H3. The second-order valence-corrected chi connectivity index (χ2v) is 5.78. The van der Waals surface area contributed by atoms with E-state index in [-0.39, 0.29) is 10.7 Å². The van der Waals surface area contributed by atoms with Crippen LogP contribution < -0.4 is 15.0 Å².